The maximum absolute atomic E-state index is 12.9. The molecule has 2 aromatic rings. The van der Waals surface area contributed by atoms with E-state index in [-0.39, 0.29) is 4.90 Å². The third-order valence-corrected chi connectivity index (χ3v) is 8.53. The summed E-state index contributed by atoms with van der Waals surface area (Å²) in [4.78, 5) is 13.1. The quantitative estimate of drug-likeness (QED) is 0.658. The lowest BCUT2D eigenvalue weighted by molar-refractivity contribution is -0.116. The summed E-state index contributed by atoms with van der Waals surface area (Å²) in [6, 6.07) is 10.3. The van der Waals surface area contributed by atoms with Crippen molar-refractivity contribution in [3.05, 3.63) is 53.6 Å². The van der Waals surface area contributed by atoms with Gasteiger partial charge in [-0.1, -0.05) is 6.07 Å². The summed E-state index contributed by atoms with van der Waals surface area (Å²) in [6.07, 6.45) is 2.76. The maximum atomic E-state index is 12.9. The number of carbonyl (C=O) groups is 1. The second kappa shape index (κ2) is 9.21. The Morgan fingerprint density at radius 2 is 1.50 bits per heavy atom. The second-order valence-corrected chi connectivity index (χ2v) is 12.0. The topological polar surface area (TPSA) is 104 Å². The summed E-state index contributed by atoms with van der Waals surface area (Å²) in [5, 5.41) is 2.69. The van der Waals surface area contributed by atoms with Crippen LogP contribution in [0.25, 0.3) is 0 Å². The molecule has 3 rings (SSSR count). The predicted molar refractivity (Wildman–Crippen MR) is 126 cm³/mol. The van der Waals surface area contributed by atoms with Crippen LogP contribution in [-0.4, -0.2) is 52.4 Å². The molecule has 0 saturated carbocycles. The zero-order valence-electron chi connectivity index (χ0n) is 18.7. The van der Waals surface area contributed by atoms with Crippen LogP contribution in [-0.2, 0) is 24.8 Å². The molecule has 1 aliphatic rings. The number of aryl methyl sites for hydroxylation is 2. The number of amides is 1. The van der Waals surface area contributed by atoms with Gasteiger partial charge in [0.05, 0.1) is 16.8 Å². The average molecular weight is 480 g/mol. The van der Waals surface area contributed by atoms with Crippen molar-refractivity contribution in [1.29, 1.82) is 0 Å². The Kier molecular flexibility index (Phi) is 6.97. The number of nitrogens with one attached hydrogen (secondary N) is 1. The number of anilines is 2. The molecule has 1 heterocycles. The van der Waals surface area contributed by atoms with E-state index in [2.05, 4.69) is 5.32 Å². The van der Waals surface area contributed by atoms with Crippen LogP contribution in [0.4, 0.5) is 11.4 Å². The maximum Gasteiger partial charge on any atom is 0.247 e. The van der Waals surface area contributed by atoms with E-state index in [0.29, 0.717) is 24.5 Å². The average Bonchev–Trinajstić information content (AvgIpc) is 3.22. The minimum absolute atomic E-state index is 0.165. The van der Waals surface area contributed by atoms with Gasteiger partial charge in [0, 0.05) is 18.8 Å². The fourth-order valence-electron chi connectivity index (χ4n) is 3.92. The Bertz CT molecular complexity index is 1180. The lowest BCUT2D eigenvalue weighted by Crippen LogP contribution is -2.45. The molecule has 0 bridgehead atoms. The van der Waals surface area contributed by atoms with E-state index >= 15 is 0 Å². The second-order valence-electron chi connectivity index (χ2n) is 8.21. The summed E-state index contributed by atoms with van der Waals surface area (Å²) in [6.45, 7) is 6.26. The highest BCUT2D eigenvalue weighted by Gasteiger charge is 2.30. The van der Waals surface area contributed by atoms with Gasteiger partial charge in [-0.2, -0.15) is 4.31 Å². The molecule has 1 aliphatic heterocycles. The molecule has 1 amide bonds. The first kappa shape index (κ1) is 24.2. The van der Waals surface area contributed by atoms with Gasteiger partial charge < -0.3 is 5.32 Å². The molecule has 32 heavy (non-hydrogen) atoms. The molecule has 174 valence electrons. The van der Waals surface area contributed by atoms with Crippen molar-refractivity contribution < 1.29 is 21.6 Å². The van der Waals surface area contributed by atoms with Crippen LogP contribution in [0.5, 0.6) is 0 Å². The largest absolute Gasteiger partial charge is 0.324 e. The summed E-state index contributed by atoms with van der Waals surface area (Å²) < 4.78 is 52.9. The van der Waals surface area contributed by atoms with Crippen molar-refractivity contribution in [1.82, 2.24) is 4.31 Å². The van der Waals surface area contributed by atoms with Crippen molar-refractivity contribution in [2.45, 2.75) is 44.6 Å². The third-order valence-electron chi connectivity index (χ3n) is 5.37. The highest BCUT2D eigenvalue weighted by Crippen LogP contribution is 2.25. The number of rotatable bonds is 7. The molecular weight excluding hydrogens is 450 g/mol. The lowest BCUT2D eigenvalue weighted by atomic mass is 10.1. The standard InChI is InChI=1S/C22H29N3O5S2/c1-16-13-17(2)15-20(14-16)25(31(4,27)28)18(3)22(26)23-19-7-9-21(10-8-19)32(29,30)24-11-5-6-12-24/h7-10,13-15,18H,5-6,11-12H2,1-4H3,(H,23,26)/t18-/m0/s1. The summed E-state index contributed by atoms with van der Waals surface area (Å²) in [5.74, 6) is -0.523. The molecule has 1 saturated heterocycles. The van der Waals surface area contributed by atoms with Gasteiger partial charge >= 0.3 is 0 Å². The number of benzene rings is 2. The van der Waals surface area contributed by atoms with Crippen LogP contribution in [0.3, 0.4) is 0 Å². The normalized spacial score (nSPS) is 16.0. The first-order valence-corrected chi connectivity index (χ1v) is 13.7. The number of sulfonamides is 2. The molecule has 0 aliphatic carbocycles. The monoisotopic (exact) mass is 479 g/mol. The minimum Gasteiger partial charge on any atom is -0.324 e. The molecular formula is C22H29N3O5S2. The van der Waals surface area contributed by atoms with E-state index in [4.69, 9.17) is 0 Å². The predicted octanol–water partition coefficient (Wildman–Crippen LogP) is 2.88. The van der Waals surface area contributed by atoms with Gasteiger partial charge in [0.1, 0.15) is 6.04 Å². The summed E-state index contributed by atoms with van der Waals surface area (Å²) in [5.41, 5.74) is 2.57. The van der Waals surface area contributed by atoms with E-state index in [1.54, 1.807) is 12.1 Å². The Labute approximate surface area is 190 Å². The van der Waals surface area contributed by atoms with Crippen molar-refractivity contribution >= 4 is 37.3 Å². The molecule has 1 atom stereocenters. The van der Waals surface area contributed by atoms with Gasteiger partial charge in [-0.15, -0.1) is 0 Å². The van der Waals surface area contributed by atoms with Crippen molar-refractivity contribution in [2.75, 3.05) is 29.0 Å². The van der Waals surface area contributed by atoms with Crippen LogP contribution >= 0.6 is 0 Å². The SMILES string of the molecule is Cc1cc(C)cc(N([C@@H](C)C(=O)Nc2ccc(S(=O)(=O)N3CCCC3)cc2)S(C)(=O)=O)c1. The van der Waals surface area contributed by atoms with Crippen molar-refractivity contribution in [3.63, 3.8) is 0 Å². The van der Waals surface area contributed by atoms with Crippen LogP contribution in [0.15, 0.2) is 47.4 Å². The molecule has 0 unspecified atom stereocenters. The molecule has 8 nitrogen and oxygen atoms in total. The first-order valence-electron chi connectivity index (χ1n) is 10.4. The Morgan fingerprint density at radius 1 is 0.969 bits per heavy atom. The van der Waals surface area contributed by atoms with Gasteiger partial charge in [-0.05, 0) is 81.1 Å². The van der Waals surface area contributed by atoms with E-state index in [9.17, 15) is 21.6 Å². The Balaban J connectivity index is 1.80. The molecule has 1 N–H and O–H groups in total. The number of hydrogen-bond acceptors (Lipinski definition) is 5. The van der Waals surface area contributed by atoms with Gasteiger partial charge in [-0.3, -0.25) is 9.10 Å². The molecule has 10 heteroatoms. The van der Waals surface area contributed by atoms with Gasteiger partial charge in [0.2, 0.25) is 26.0 Å². The lowest BCUT2D eigenvalue weighted by Gasteiger charge is -2.28. The zero-order chi connectivity index (χ0) is 23.7. The summed E-state index contributed by atoms with van der Waals surface area (Å²) in [7, 11) is -7.28. The van der Waals surface area contributed by atoms with Crippen molar-refractivity contribution in [3.8, 4) is 0 Å². The highest BCUT2D eigenvalue weighted by atomic mass is 32.2. The zero-order valence-corrected chi connectivity index (χ0v) is 20.3. The van der Waals surface area contributed by atoms with E-state index in [1.165, 1.54) is 35.5 Å². The molecule has 1 fully saturated rings. The Hall–Kier alpha value is -2.43. The molecule has 0 spiro atoms. The smallest absolute Gasteiger partial charge is 0.247 e. The molecule has 0 aromatic heterocycles. The van der Waals surface area contributed by atoms with Gasteiger partial charge in [0.15, 0.2) is 0 Å². The Morgan fingerprint density at radius 3 is 2.00 bits per heavy atom. The van der Waals surface area contributed by atoms with Crippen molar-refractivity contribution in [2.24, 2.45) is 0 Å². The fraction of sp³-hybridized carbons (Fsp3) is 0.409. The number of nitrogens with zero attached hydrogens (tertiary/aromatic N) is 2. The fourth-order valence-corrected chi connectivity index (χ4v) is 6.60. The van der Waals surface area contributed by atoms with Gasteiger partial charge in [-0.25, -0.2) is 16.8 Å². The van der Waals surface area contributed by atoms with Gasteiger partial charge in [0.25, 0.3) is 0 Å². The first-order chi connectivity index (χ1) is 14.9. The molecule has 2 aromatic carbocycles. The van der Waals surface area contributed by atoms with E-state index in [1.807, 2.05) is 19.9 Å². The molecule has 0 radical (unpaired) electrons. The van der Waals surface area contributed by atoms with Crippen LogP contribution in [0.1, 0.15) is 30.9 Å². The third kappa shape index (κ3) is 5.31. The highest BCUT2D eigenvalue weighted by molar-refractivity contribution is 7.92. The van der Waals surface area contributed by atoms with Crippen LogP contribution < -0.4 is 9.62 Å². The van der Waals surface area contributed by atoms with E-state index in [0.717, 1.165) is 34.5 Å². The minimum atomic E-state index is -3.74. The van der Waals surface area contributed by atoms with Crippen LogP contribution in [0, 0.1) is 13.8 Å². The summed E-state index contributed by atoms with van der Waals surface area (Å²) >= 11 is 0. The van der Waals surface area contributed by atoms with E-state index < -0.39 is 32.0 Å². The number of carbonyl (C=O) groups excluding carboxylic acids is 1. The van der Waals surface area contributed by atoms with Crippen LogP contribution in [0.2, 0.25) is 0 Å². The number of hydrogen-bond donors (Lipinski definition) is 1.